The van der Waals surface area contributed by atoms with Gasteiger partial charge in [-0.05, 0) is 6.92 Å². The summed E-state index contributed by atoms with van der Waals surface area (Å²) in [6.45, 7) is 2.78. The number of β-lactam (4-membered cyclic amide) rings is 1. The van der Waals surface area contributed by atoms with Gasteiger partial charge in [0, 0.05) is 52.2 Å². The van der Waals surface area contributed by atoms with Crippen LogP contribution in [0.3, 0.4) is 0 Å². The van der Waals surface area contributed by atoms with Gasteiger partial charge < -0.3 is 30.2 Å². The van der Waals surface area contributed by atoms with Crippen LogP contribution < -0.4 is 15.0 Å². The number of nitrogens with zero attached hydrogens (tertiary/aromatic N) is 6. The third kappa shape index (κ3) is 9.12. The lowest BCUT2D eigenvalue weighted by molar-refractivity contribution is -0.671. The molecule has 2 aliphatic heterocycles. The SMILES string of the molecule is CC(=O)O.CCO/N=C(\C(=O)N[C@@H]1C(=O)N2C(C(=O)O)=C(Sc3nc(-c4cc[n+](C)cc4)cs3)CS[C@H]12)c1nsc(NP(=O)(O)O)n1. The number of carbonyl (C=O) groups is 4. The quantitative estimate of drug-likeness (QED) is 0.0532. The second-order valence-corrected chi connectivity index (χ2v) is 14.6. The van der Waals surface area contributed by atoms with Gasteiger partial charge in [-0.15, -0.1) is 23.1 Å². The molecule has 250 valence electrons. The Morgan fingerprint density at radius 3 is 2.53 bits per heavy atom. The average molecular weight is 746 g/mol. The summed E-state index contributed by atoms with van der Waals surface area (Å²) >= 11 is 4.40. The Balaban J connectivity index is 0.00000118. The third-order valence-electron chi connectivity index (χ3n) is 5.77. The third-order valence-corrected chi connectivity index (χ3v) is 10.5. The number of aliphatic carboxylic acids is 2. The lowest BCUT2D eigenvalue weighted by Crippen LogP contribution is -2.71. The highest BCUT2D eigenvalue weighted by atomic mass is 32.2. The summed E-state index contributed by atoms with van der Waals surface area (Å²) in [5.41, 5.74) is 1.06. The maximum atomic E-state index is 13.2. The van der Waals surface area contributed by atoms with Crippen LogP contribution in [0, 0.1) is 0 Å². The first-order valence-electron chi connectivity index (χ1n) is 13.1. The van der Waals surface area contributed by atoms with E-state index in [1.54, 1.807) is 6.92 Å². The molecular formula is C24H26N8O10PS4+. The van der Waals surface area contributed by atoms with Gasteiger partial charge in [0.2, 0.25) is 16.7 Å². The largest absolute Gasteiger partial charge is 0.481 e. The van der Waals surface area contributed by atoms with Gasteiger partial charge in [-0.2, -0.15) is 9.36 Å². The monoisotopic (exact) mass is 745 g/mol. The zero-order chi connectivity index (χ0) is 34.5. The Morgan fingerprint density at radius 1 is 1.23 bits per heavy atom. The van der Waals surface area contributed by atoms with Gasteiger partial charge in [0.1, 0.15) is 30.8 Å². The Labute approximate surface area is 282 Å². The predicted molar refractivity (Wildman–Crippen MR) is 171 cm³/mol. The number of carboxylic acid groups (broad SMARTS) is 2. The zero-order valence-electron chi connectivity index (χ0n) is 24.5. The van der Waals surface area contributed by atoms with Crippen molar-refractivity contribution in [2.24, 2.45) is 12.2 Å². The van der Waals surface area contributed by atoms with E-state index >= 15 is 0 Å². The molecule has 18 nitrogen and oxygen atoms in total. The van der Waals surface area contributed by atoms with Gasteiger partial charge in [0.15, 0.2) is 16.7 Å². The number of carboxylic acids is 2. The van der Waals surface area contributed by atoms with Gasteiger partial charge in [-0.3, -0.25) is 24.4 Å². The number of oxime groups is 1. The summed E-state index contributed by atoms with van der Waals surface area (Å²) in [5, 5.41) is 26.5. The number of hydrogen-bond acceptors (Lipinski definition) is 14. The first-order valence-corrected chi connectivity index (χ1v) is 18.2. The maximum Gasteiger partial charge on any atom is 0.429 e. The number of thiazole rings is 1. The Hall–Kier alpha value is -3.92. The van der Waals surface area contributed by atoms with E-state index in [2.05, 4.69) is 24.8 Å². The fourth-order valence-corrected chi connectivity index (χ4v) is 8.60. The van der Waals surface area contributed by atoms with E-state index in [-0.39, 0.29) is 29.0 Å². The van der Waals surface area contributed by atoms with Gasteiger partial charge >= 0.3 is 13.7 Å². The Morgan fingerprint density at radius 2 is 1.91 bits per heavy atom. The molecule has 5 rings (SSSR count). The number of hydrogen-bond donors (Lipinski definition) is 6. The van der Waals surface area contributed by atoms with E-state index < -0.39 is 48.6 Å². The van der Waals surface area contributed by atoms with Gasteiger partial charge in [-0.1, -0.05) is 16.9 Å². The molecule has 2 aliphatic rings. The average Bonchev–Trinajstić information content (AvgIpc) is 3.64. The van der Waals surface area contributed by atoms with Crippen LogP contribution in [-0.4, -0.2) is 92.5 Å². The van der Waals surface area contributed by atoms with Gasteiger partial charge in [-0.25, -0.2) is 18.9 Å². The predicted octanol–water partition coefficient (Wildman–Crippen LogP) is 1.31. The summed E-state index contributed by atoms with van der Waals surface area (Å²) < 4.78 is 17.6. The molecule has 47 heavy (non-hydrogen) atoms. The summed E-state index contributed by atoms with van der Waals surface area (Å²) in [7, 11) is -2.77. The Bertz CT molecular complexity index is 1790. The first-order chi connectivity index (χ1) is 22.2. The van der Waals surface area contributed by atoms with Crippen molar-refractivity contribution in [3.63, 3.8) is 0 Å². The minimum absolute atomic E-state index is 0.0843. The van der Waals surface area contributed by atoms with Crippen LogP contribution in [0.2, 0.25) is 0 Å². The number of aromatic nitrogens is 4. The maximum absolute atomic E-state index is 13.2. The molecule has 0 radical (unpaired) electrons. The number of rotatable bonds is 11. The zero-order valence-corrected chi connectivity index (χ0v) is 28.6. The van der Waals surface area contributed by atoms with Crippen molar-refractivity contribution in [3.8, 4) is 11.3 Å². The van der Waals surface area contributed by atoms with Crippen LogP contribution in [-0.2, 0) is 35.6 Å². The topological polar surface area (TPSA) is 258 Å². The van der Waals surface area contributed by atoms with Crippen LogP contribution in [0.4, 0.5) is 5.13 Å². The fourth-order valence-electron chi connectivity index (χ4n) is 3.90. The van der Waals surface area contributed by atoms with Crippen molar-refractivity contribution < 1.29 is 53.1 Å². The highest BCUT2D eigenvalue weighted by molar-refractivity contribution is 8.07. The molecule has 1 saturated heterocycles. The van der Waals surface area contributed by atoms with Crippen LogP contribution in [0.25, 0.3) is 11.3 Å². The normalized spacial score (nSPS) is 17.6. The number of aryl methyl sites for hydroxylation is 1. The molecule has 0 unspecified atom stereocenters. The number of thioether (sulfide) groups is 2. The summed E-state index contributed by atoms with van der Waals surface area (Å²) in [6, 6.07) is 2.77. The molecule has 0 aliphatic carbocycles. The number of carbonyl (C=O) groups excluding carboxylic acids is 2. The number of amides is 2. The number of nitrogens with one attached hydrogen (secondary N) is 2. The molecule has 6 N–H and O–H groups in total. The van der Waals surface area contributed by atoms with Crippen molar-refractivity contribution in [1.82, 2.24) is 24.6 Å². The molecule has 23 heteroatoms. The summed E-state index contributed by atoms with van der Waals surface area (Å²) in [6.07, 6.45) is 3.80. The fraction of sp³-hybridized carbons (Fsp3) is 0.292. The van der Waals surface area contributed by atoms with Crippen LogP contribution in [0.5, 0.6) is 0 Å². The van der Waals surface area contributed by atoms with E-state index in [4.69, 9.17) is 24.5 Å². The van der Waals surface area contributed by atoms with Gasteiger partial charge in [0.05, 0.1) is 5.69 Å². The molecule has 3 aromatic heterocycles. The molecule has 5 heterocycles. The van der Waals surface area contributed by atoms with E-state index in [1.165, 1.54) is 34.9 Å². The van der Waals surface area contributed by atoms with Crippen molar-refractivity contribution >= 4 is 88.7 Å². The first kappa shape index (κ1) is 35.9. The second-order valence-electron chi connectivity index (χ2n) is 9.25. The van der Waals surface area contributed by atoms with Gasteiger partial charge in [0.25, 0.3) is 17.8 Å². The standard InChI is InChI=1S/C22H21N8O8PS4.C2H4O2/c1-3-38-26-13(16-25-21(43-28-16)27-39(35,36)37)17(31)24-14-18(32)30-15(20(33)34)12(9-40-19(14)30)42-22-23-11(8-41-22)10-4-6-29(2)7-5-10;1-2(3)4/h4-8,14,19H,3,9H2,1-2H3,(H4-,24,25,27,28,31,33,34,35,36,37);1H3,(H,3,4)/p+1/b26-13-;/t14-,19-;/m1./s1. The van der Waals surface area contributed by atoms with E-state index in [0.717, 1.165) is 23.1 Å². The van der Waals surface area contributed by atoms with Crippen molar-refractivity contribution in [2.45, 2.75) is 29.6 Å². The molecule has 3 aromatic rings. The summed E-state index contributed by atoms with van der Waals surface area (Å²) in [4.78, 5) is 80.9. The second kappa shape index (κ2) is 15.3. The smallest absolute Gasteiger partial charge is 0.429 e. The summed E-state index contributed by atoms with van der Waals surface area (Å²) in [5.74, 6) is -3.67. The molecular weight excluding hydrogens is 720 g/mol. The molecule has 2 atom stereocenters. The minimum atomic E-state index is -4.67. The lowest BCUT2D eigenvalue weighted by Gasteiger charge is -2.49. The van der Waals surface area contributed by atoms with E-state index in [0.29, 0.717) is 20.8 Å². The number of fused-ring (bicyclic) bond motifs is 1. The van der Waals surface area contributed by atoms with Crippen molar-refractivity contribution in [1.29, 1.82) is 0 Å². The lowest BCUT2D eigenvalue weighted by atomic mass is 10.0. The number of anilines is 1. The highest BCUT2D eigenvalue weighted by Gasteiger charge is 2.54. The number of pyridine rings is 1. The van der Waals surface area contributed by atoms with Crippen LogP contribution in [0.15, 0.2) is 50.0 Å². The molecule has 1 fully saturated rings. The van der Waals surface area contributed by atoms with Crippen LogP contribution >= 0.6 is 54.1 Å². The molecule has 0 bridgehead atoms. The van der Waals surface area contributed by atoms with Crippen LogP contribution in [0.1, 0.15) is 19.7 Å². The van der Waals surface area contributed by atoms with E-state index in [9.17, 15) is 24.1 Å². The minimum Gasteiger partial charge on any atom is -0.481 e. The van der Waals surface area contributed by atoms with Crippen molar-refractivity contribution in [3.05, 3.63) is 46.3 Å². The molecule has 0 spiro atoms. The Kier molecular flexibility index (Phi) is 11.7. The molecule has 0 aromatic carbocycles. The highest BCUT2D eigenvalue weighted by Crippen LogP contribution is 2.46. The molecule has 2 amide bonds. The van der Waals surface area contributed by atoms with Crippen molar-refractivity contribution in [2.75, 3.05) is 17.4 Å². The molecule has 0 saturated carbocycles. The van der Waals surface area contributed by atoms with E-state index in [1.807, 2.05) is 46.6 Å².